The zero-order valence-electron chi connectivity index (χ0n) is 8.46. The lowest BCUT2D eigenvalue weighted by Gasteiger charge is -2.15. The average Bonchev–Trinajstić information content (AvgIpc) is 2.27. The zero-order valence-corrected chi connectivity index (χ0v) is 8.46. The van der Waals surface area contributed by atoms with E-state index >= 15 is 0 Å². The van der Waals surface area contributed by atoms with Crippen molar-refractivity contribution in [2.75, 3.05) is 12.3 Å². The molecule has 1 aromatic rings. The van der Waals surface area contributed by atoms with E-state index in [-0.39, 0.29) is 11.4 Å². The topological polar surface area (TPSA) is 68.0 Å². The van der Waals surface area contributed by atoms with Crippen LogP contribution < -0.4 is 11.1 Å². The van der Waals surface area contributed by atoms with E-state index in [9.17, 15) is 22.4 Å². The Balaban J connectivity index is 2.59. The Kier molecular flexibility index (Phi) is 3.87. The molecule has 1 amide bonds. The first-order chi connectivity index (χ1) is 7.83. The van der Waals surface area contributed by atoms with Gasteiger partial charge in [0.25, 0.3) is 5.91 Å². The van der Waals surface area contributed by atoms with E-state index in [2.05, 4.69) is 4.98 Å². The number of halogens is 4. The number of rotatable bonds is 4. The molecule has 0 radical (unpaired) electrons. The predicted molar refractivity (Wildman–Crippen MR) is 51.9 cm³/mol. The summed E-state index contributed by atoms with van der Waals surface area (Å²) in [5.41, 5.74) is 5.21. The second-order valence-electron chi connectivity index (χ2n) is 3.22. The van der Waals surface area contributed by atoms with Crippen molar-refractivity contribution in [3.8, 4) is 0 Å². The molecule has 0 saturated heterocycles. The van der Waals surface area contributed by atoms with Crippen LogP contribution in [0.15, 0.2) is 18.3 Å². The van der Waals surface area contributed by atoms with Gasteiger partial charge < -0.3 is 11.1 Å². The first kappa shape index (κ1) is 13.2. The minimum absolute atomic E-state index is 0.0377. The number of anilines is 1. The molecule has 3 N–H and O–H groups in total. The van der Waals surface area contributed by atoms with Crippen LogP contribution in [0.4, 0.5) is 23.4 Å². The zero-order chi connectivity index (χ0) is 13.1. The van der Waals surface area contributed by atoms with Gasteiger partial charge in [0.1, 0.15) is 5.82 Å². The predicted octanol–water partition coefficient (Wildman–Crippen LogP) is 1.29. The highest BCUT2D eigenvalue weighted by molar-refractivity contribution is 5.94. The van der Waals surface area contributed by atoms with Crippen LogP contribution in [-0.2, 0) is 0 Å². The summed E-state index contributed by atoms with van der Waals surface area (Å²) in [6, 6.07) is 2.54. The molecule has 0 atom stereocenters. The molecule has 0 aliphatic carbocycles. The Hall–Kier alpha value is -1.86. The quantitative estimate of drug-likeness (QED) is 0.792. The molecule has 0 unspecified atom stereocenters. The number of carbonyl (C=O) groups is 1. The number of hydrogen-bond donors (Lipinski definition) is 2. The summed E-state index contributed by atoms with van der Waals surface area (Å²) in [6.45, 7) is -1.44. The SMILES string of the molecule is Nc1ccc(C(=O)NCC(F)(F)C(F)F)cn1. The Morgan fingerprint density at radius 1 is 1.47 bits per heavy atom. The Bertz CT molecular complexity index is 394. The molecule has 94 valence electrons. The largest absolute Gasteiger partial charge is 0.384 e. The molecule has 17 heavy (non-hydrogen) atoms. The highest BCUT2D eigenvalue weighted by Gasteiger charge is 2.40. The third-order valence-corrected chi connectivity index (χ3v) is 1.85. The number of hydrogen-bond acceptors (Lipinski definition) is 3. The summed E-state index contributed by atoms with van der Waals surface area (Å²) in [4.78, 5) is 14.8. The summed E-state index contributed by atoms with van der Waals surface area (Å²) in [7, 11) is 0. The number of nitrogen functional groups attached to an aromatic ring is 1. The van der Waals surface area contributed by atoms with E-state index in [1.54, 1.807) is 5.32 Å². The van der Waals surface area contributed by atoms with E-state index < -0.39 is 24.8 Å². The van der Waals surface area contributed by atoms with Crippen LogP contribution in [0.5, 0.6) is 0 Å². The number of nitrogens with two attached hydrogens (primary N) is 1. The maximum Gasteiger partial charge on any atom is 0.324 e. The van der Waals surface area contributed by atoms with Gasteiger partial charge in [0.05, 0.1) is 12.1 Å². The van der Waals surface area contributed by atoms with Crippen molar-refractivity contribution >= 4 is 11.7 Å². The first-order valence-electron chi connectivity index (χ1n) is 4.48. The molecule has 0 bridgehead atoms. The van der Waals surface area contributed by atoms with E-state index in [0.29, 0.717) is 0 Å². The van der Waals surface area contributed by atoms with Crippen LogP contribution >= 0.6 is 0 Å². The maximum absolute atomic E-state index is 12.5. The third kappa shape index (κ3) is 3.58. The normalized spacial score (nSPS) is 11.6. The second-order valence-corrected chi connectivity index (χ2v) is 3.22. The van der Waals surface area contributed by atoms with E-state index in [0.717, 1.165) is 6.20 Å². The fourth-order valence-corrected chi connectivity index (χ4v) is 0.917. The van der Waals surface area contributed by atoms with Gasteiger partial charge in [0, 0.05) is 6.20 Å². The van der Waals surface area contributed by atoms with Crippen LogP contribution in [0.3, 0.4) is 0 Å². The van der Waals surface area contributed by atoms with Crippen LogP contribution in [-0.4, -0.2) is 29.8 Å². The van der Waals surface area contributed by atoms with Crippen molar-refractivity contribution < 1.29 is 22.4 Å². The fourth-order valence-electron chi connectivity index (χ4n) is 0.917. The number of nitrogens with zero attached hydrogens (tertiary/aromatic N) is 1. The average molecular weight is 251 g/mol. The molecule has 0 fully saturated rings. The van der Waals surface area contributed by atoms with Crippen molar-refractivity contribution in [1.29, 1.82) is 0 Å². The van der Waals surface area contributed by atoms with Gasteiger partial charge in [-0.15, -0.1) is 0 Å². The third-order valence-electron chi connectivity index (χ3n) is 1.85. The first-order valence-corrected chi connectivity index (χ1v) is 4.48. The fraction of sp³-hybridized carbons (Fsp3) is 0.333. The van der Waals surface area contributed by atoms with Gasteiger partial charge in [-0.3, -0.25) is 4.79 Å². The number of carbonyl (C=O) groups excluding carboxylic acids is 1. The van der Waals surface area contributed by atoms with Crippen molar-refractivity contribution in [3.05, 3.63) is 23.9 Å². The number of nitrogens with one attached hydrogen (secondary N) is 1. The van der Waals surface area contributed by atoms with Crippen LogP contribution in [0.25, 0.3) is 0 Å². The van der Waals surface area contributed by atoms with Crippen molar-refractivity contribution in [2.24, 2.45) is 0 Å². The smallest absolute Gasteiger partial charge is 0.324 e. The number of alkyl halides is 4. The molecule has 1 rings (SSSR count). The van der Waals surface area contributed by atoms with Crippen LogP contribution in [0.1, 0.15) is 10.4 Å². The number of pyridine rings is 1. The van der Waals surface area contributed by atoms with Gasteiger partial charge >= 0.3 is 12.3 Å². The lowest BCUT2D eigenvalue weighted by atomic mass is 10.2. The van der Waals surface area contributed by atoms with Gasteiger partial charge in [0.15, 0.2) is 0 Å². The molecule has 0 aromatic carbocycles. The molecule has 0 aliphatic rings. The summed E-state index contributed by atoms with van der Waals surface area (Å²) in [6.07, 6.45) is -2.77. The molecule has 8 heteroatoms. The standard InChI is InChI=1S/C9H9F4N3O/c10-8(11)9(12,13)4-16-7(17)5-1-2-6(14)15-3-5/h1-3,8H,4H2,(H2,14,15)(H,16,17). The molecule has 0 aliphatic heterocycles. The minimum atomic E-state index is -4.25. The lowest BCUT2D eigenvalue weighted by Crippen LogP contribution is -2.41. The summed E-state index contributed by atoms with van der Waals surface area (Å²) in [5.74, 6) is -5.02. The van der Waals surface area contributed by atoms with E-state index in [4.69, 9.17) is 5.73 Å². The summed E-state index contributed by atoms with van der Waals surface area (Å²) < 4.78 is 48.5. The van der Waals surface area contributed by atoms with E-state index in [1.807, 2.05) is 0 Å². The maximum atomic E-state index is 12.5. The summed E-state index contributed by atoms with van der Waals surface area (Å²) >= 11 is 0. The molecule has 1 aromatic heterocycles. The van der Waals surface area contributed by atoms with Crippen molar-refractivity contribution in [3.63, 3.8) is 0 Å². The van der Waals surface area contributed by atoms with Crippen LogP contribution in [0, 0.1) is 0 Å². The molecule has 1 heterocycles. The summed E-state index contributed by atoms with van der Waals surface area (Å²) in [5, 5.41) is 1.69. The number of aromatic nitrogens is 1. The molecule has 0 saturated carbocycles. The highest BCUT2D eigenvalue weighted by Crippen LogP contribution is 2.21. The Labute approximate surface area is 93.8 Å². The Morgan fingerprint density at radius 3 is 2.59 bits per heavy atom. The van der Waals surface area contributed by atoms with Crippen molar-refractivity contribution in [1.82, 2.24) is 10.3 Å². The highest BCUT2D eigenvalue weighted by atomic mass is 19.3. The molecular formula is C9H9F4N3O. The van der Waals surface area contributed by atoms with Gasteiger partial charge in [-0.05, 0) is 12.1 Å². The van der Waals surface area contributed by atoms with Gasteiger partial charge in [-0.2, -0.15) is 8.78 Å². The second kappa shape index (κ2) is 4.98. The van der Waals surface area contributed by atoms with Crippen molar-refractivity contribution in [2.45, 2.75) is 12.3 Å². The minimum Gasteiger partial charge on any atom is -0.384 e. The number of amides is 1. The van der Waals surface area contributed by atoms with Gasteiger partial charge in [-0.25, -0.2) is 13.8 Å². The monoisotopic (exact) mass is 251 g/mol. The lowest BCUT2D eigenvalue weighted by molar-refractivity contribution is -0.123. The molecular weight excluding hydrogens is 242 g/mol. The van der Waals surface area contributed by atoms with E-state index in [1.165, 1.54) is 12.1 Å². The molecule has 4 nitrogen and oxygen atoms in total. The van der Waals surface area contributed by atoms with Crippen LogP contribution in [0.2, 0.25) is 0 Å². The Morgan fingerprint density at radius 2 is 2.12 bits per heavy atom. The molecule has 0 spiro atoms. The van der Waals surface area contributed by atoms with Gasteiger partial charge in [-0.1, -0.05) is 0 Å². The van der Waals surface area contributed by atoms with Gasteiger partial charge in [0.2, 0.25) is 0 Å².